The van der Waals surface area contributed by atoms with Crippen LogP contribution in [0.4, 0.5) is 0 Å². The molecule has 1 N–H and O–H groups in total. The molecule has 0 saturated carbocycles. The number of nitrogens with zero attached hydrogens (tertiary/aromatic N) is 2. The fourth-order valence-corrected chi connectivity index (χ4v) is 2.86. The van der Waals surface area contributed by atoms with Gasteiger partial charge in [0.25, 0.3) is 0 Å². The van der Waals surface area contributed by atoms with E-state index in [1.807, 2.05) is 30.3 Å². The van der Waals surface area contributed by atoms with E-state index in [1.165, 1.54) is 11.9 Å². The van der Waals surface area contributed by atoms with Gasteiger partial charge in [-0.05, 0) is 34.0 Å². The molecule has 0 bridgehead atoms. The van der Waals surface area contributed by atoms with Crippen LogP contribution in [0.2, 0.25) is 0 Å². The van der Waals surface area contributed by atoms with Crippen molar-refractivity contribution in [3.63, 3.8) is 0 Å². The molecule has 4 rings (SSSR count). The van der Waals surface area contributed by atoms with E-state index in [-0.39, 0.29) is 5.75 Å². The van der Waals surface area contributed by atoms with Crippen LogP contribution in [0, 0.1) is 0 Å². The molecule has 3 heteroatoms. The summed E-state index contributed by atoms with van der Waals surface area (Å²) in [5, 5.41) is 12.4. The largest absolute Gasteiger partial charge is 0.507 e. The molecule has 0 aliphatic heterocycles. The summed E-state index contributed by atoms with van der Waals surface area (Å²) in [7, 11) is 0. The maximum Gasteiger partial charge on any atom is 0.124 e. The molecule has 1 heterocycles. The summed E-state index contributed by atoms with van der Waals surface area (Å²) in [5.74, 6) is 0.236. The Kier molecular flexibility index (Phi) is 3.24. The molecule has 0 radical (unpaired) electrons. The number of phenolic OH excluding ortho intramolecular Hbond substituents is 1. The fraction of sp³-hybridized carbons (Fsp3) is 0. The van der Waals surface area contributed by atoms with Crippen molar-refractivity contribution < 1.29 is 5.11 Å². The quantitative estimate of drug-likeness (QED) is 0.585. The molecule has 110 valence electrons. The molecule has 0 aliphatic carbocycles. The summed E-state index contributed by atoms with van der Waals surface area (Å²) in [6.07, 6.45) is 4.92. The second-order valence-corrected chi connectivity index (χ2v) is 5.39. The number of aromatic hydroxyl groups is 1. The summed E-state index contributed by atoms with van der Waals surface area (Å²) in [5.41, 5.74) is 3.90. The molecular weight excluding hydrogens is 284 g/mol. The Morgan fingerprint density at radius 2 is 1.48 bits per heavy atom. The summed E-state index contributed by atoms with van der Waals surface area (Å²) in [4.78, 5) is 8.10. The number of hydrogen-bond donors (Lipinski definition) is 1. The lowest BCUT2D eigenvalue weighted by Gasteiger charge is -2.10. The molecule has 1 aromatic heterocycles. The van der Waals surface area contributed by atoms with E-state index in [2.05, 4.69) is 34.2 Å². The summed E-state index contributed by atoms with van der Waals surface area (Å²) in [6.45, 7) is 0. The van der Waals surface area contributed by atoms with Crippen LogP contribution in [0.1, 0.15) is 0 Å². The summed E-state index contributed by atoms with van der Waals surface area (Å²) < 4.78 is 0. The topological polar surface area (TPSA) is 46.0 Å². The van der Waals surface area contributed by atoms with Crippen LogP contribution < -0.4 is 0 Å². The van der Waals surface area contributed by atoms with Gasteiger partial charge in [-0.25, -0.2) is 9.97 Å². The van der Waals surface area contributed by atoms with E-state index in [0.29, 0.717) is 0 Å². The van der Waals surface area contributed by atoms with E-state index < -0.39 is 0 Å². The molecule has 3 nitrogen and oxygen atoms in total. The molecule has 4 aromatic rings. The number of hydrogen-bond acceptors (Lipinski definition) is 3. The van der Waals surface area contributed by atoms with Crippen molar-refractivity contribution in [1.82, 2.24) is 9.97 Å². The molecule has 23 heavy (non-hydrogen) atoms. The molecule has 3 aromatic carbocycles. The van der Waals surface area contributed by atoms with Gasteiger partial charge in [0.15, 0.2) is 0 Å². The summed E-state index contributed by atoms with van der Waals surface area (Å²) >= 11 is 0. The van der Waals surface area contributed by atoms with Gasteiger partial charge >= 0.3 is 0 Å². The van der Waals surface area contributed by atoms with Gasteiger partial charge in [-0.1, -0.05) is 48.5 Å². The van der Waals surface area contributed by atoms with E-state index in [0.717, 1.165) is 27.5 Å². The van der Waals surface area contributed by atoms with Gasteiger partial charge in [0.1, 0.15) is 12.1 Å². The molecule has 0 saturated heterocycles. The van der Waals surface area contributed by atoms with E-state index in [9.17, 15) is 5.11 Å². The highest BCUT2D eigenvalue weighted by Gasteiger charge is 2.10. The van der Waals surface area contributed by atoms with Crippen LogP contribution in [0.5, 0.6) is 5.75 Å². The first kappa shape index (κ1) is 13.5. The number of rotatable bonds is 2. The zero-order valence-corrected chi connectivity index (χ0v) is 12.3. The average molecular weight is 298 g/mol. The Labute approximate surface area is 133 Å². The zero-order chi connectivity index (χ0) is 15.6. The maximum absolute atomic E-state index is 10.3. The van der Waals surface area contributed by atoms with Crippen molar-refractivity contribution in [2.75, 3.05) is 0 Å². The number of benzene rings is 3. The standard InChI is InChI=1S/C20H14N2O/c23-19-9-7-16-10-15(14-4-2-1-3-5-14)6-8-18(16)20(19)17-11-21-13-22-12-17/h1-13,23H. The Morgan fingerprint density at radius 3 is 2.26 bits per heavy atom. The monoisotopic (exact) mass is 298 g/mol. The molecule has 0 atom stereocenters. The minimum atomic E-state index is 0.236. The van der Waals surface area contributed by atoms with Gasteiger partial charge in [0, 0.05) is 23.5 Å². The lowest BCUT2D eigenvalue weighted by molar-refractivity contribution is 0.478. The summed E-state index contributed by atoms with van der Waals surface area (Å²) in [6, 6.07) is 20.2. The highest BCUT2D eigenvalue weighted by atomic mass is 16.3. The van der Waals surface area contributed by atoms with Crippen molar-refractivity contribution in [2.24, 2.45) is 0 Å². The third-order valence-electron chi connectivity index (χ3n) is 3.95. The SMILES string of the molecule is Oc1ccc2cc(-c3ccccc3)ccc2c1-c1cncnc1. The highest BCUT2D eigenvalue weighted by Crippen LogP contribution is 2.37. The molecule has 0 aliphatic rings. The Hall–Kier alpha value is -3.20. The molecule has 0 amide bonds. The lowest BCUT2D eigenvalue weighted by Crippen LogP contribution is -1.86. The van der Waals surface area contributed by atoms with Crippen molar-refractivity contribution in [1.29, 1.82) is 0 Å². The van der Waals surface area contributed by atoms with Gasteiger partial charge in [0.2, 0.25) is 0 Å². The van der Waals surface area contributed by atoms with Gasteiger partial charge in [0.05, 0.1) is 0 Å². The van der Waals surface area contributed by atoms with E-state index >= 15 is 0 Å². The zero-order valence-electron chi connectivity index (χ0n) is 12.3. The first-order chi connectivity index (χ1) is 11.3. The van der Waals surface area contributed by atoms with Crippen LogP contribution in [-0.4, -0.2) is 15.1 Å². The van der Waals surface area contributed by atoms with E-state index in [1.54, 1.807) is 18.5 Å². The van der Waals surface area contributed by atoms with Crippen molar-refractivity contribution in [2.45, 2.75) is 0 Å². The minimum absolute atomic E-state index is 0.236. The normalized spacial score (nSPS) is 10.8. The number of aromatic nitrogens is 2. The third kappa shape index (κ3) is 2.42. The molecule has 0 spiro atoms. The molecule has 0 fully saturated rings. The van der Waals surface area contributed by atoms with Crippen molar-refractivity contribution >= 4 is 10.8 Å². The number of phenols is 1. The number of fused-ring (bicyclic) bond motifs is 1. The minimum Gasteiger partial charge on any atom is -0.507 e. The van der Waals surface area contributed by atoms with Crippen LogP contribution in [0.15, 0.2) is 79.4 Å². The maximum atomic E-state index is 10.3. The fourth-order valence-electron chi connectivity index (χ4n) is 2.86. The van der Waals surface area contributed by atoms with Crippen LogP contribution in [-0.2, 0) is 0 Å². The van der Waals surface area contributed by atoms with Crippen molar-refractivity contribution in [3.05, 3.63) is 79.4 Å². The van der Waals surface area contributed by atoms with Gasteiger partial charge in [-0.2, -0.15) is 0 Å². The second-order valence-electron chi connectivity index (χ2n) is 5.39. The van der Waals surface area contributed by atoms with Crippen molar-refractivity contribution in [3.8, 4) is 28.0 Å². The Balaban J connectivity index is 1.94. The predicted molar refractivity (Wildman–Crippen MR) is 92.1 cm³/mol. The lowest BCUT2D eigenvalue weighted by atomic mass is 9.95. The van der Waals surface area contributed by atoms with Crippen LogP contribution in [0.25, 0.3) is 33.0 Å². The second kappa shape index (κ2) is 5.54. The van der Waals surface area contributed by atoms with Gasteiger partial charge in [-0.3, -0.25) is 0 Å². The molecular formula is C20H14N2O. The Morgan fingerprint density at radius 1 is 0.696 bits per heavy atom. The third-order valence-corrected chi connectivity index (χ3v) is 3.95. The van der Waals surface area contributed by atoms with E-state index in [4.69, 9.17) is 0 Å². The molecule has 0 unspecified atom stereocenters. The van der Waals surface area contributed by atoms with Gasteiger partial charge in [-0.15, -0.1) is 0 Å². The predicted octanol–water partition coefficient (Wildman–Crippen LogP) is 4.67. The van der Waals surface area contributed by atoms with Gasteiger partial charge < -0.3 is 5.11 Å². The average Bonchev–Trinajstić information content (AvgIpc) is 2.63. The smallest absolute Gasteiger partial charge is 0.124 e. The van der Waals surface area contributed by atoms with Crippen LogP contribution in [0.3, 0.4) is 0 Å². The van der Waals surface area contributed by atoms with Crippen LogP contribution >= 0.6 is 0 Å². The highest BCUT2D eigenvalue weighted by molar-refractivity contribution is 6.01. The first-order valence-electron chi connectivity index (χ1n) is 7.39. The Bertz CT molecular complexity index is 967. The first-order valence-corrected chi connectivity index (χ1v) is 7.39.